The van der Waals surface area contributed by atoms with Crippen LogP contribution >= 0.6 is 0 Å². The second-order valence-electron chi connectivity index (χ2n) is 5.58. The number of rotatable bonds is 4. The van der Waals surface area contributed by atoms with E-state index in [9.17, 15) is 4.79 Å². The minimum Gasteiger partial charge on any atom is -0.377 e. The van der Waals surface area contributed by atoms with Crippen LogP contribution in [0.3, 0.4) is 0 Å². The van der Waals surface area contributed by atoms with Crippen molar-refractivity contribution in [3.63, 3.8) is 0 Å². The van der Waals surface area contributed by atoms with Crippen LogP contribution in [-0.2, 0) is 0 Å². The summed E-state index contributed by atoms with van der Waals surface area (Å²) in [6.45, 7) is 0. The van der Waals surface area contributed by atoms with E-state index in [1.807, 2.05) is 73.7 Å². The third kappa shape index (κ3) is 3.14. The van der Waals surface area contributed by atoms with Crippen LogP contribution in [-0.4, -0.2) is 25.4 Å². The lowest BCUT2D eigenvalue weighted by molar-refractivity contribution is 0.112. The Kier molecular flexibility index (Phi) is 4.20. The molecule has 0 spiro atoms. The largest absolute Gasteiger partial charge is 0.377 e. The zero-order valence-corrected chi connectivity index (χ0v) is 13.2. The number of hydrogen-bond acceptors (Lipinski definition) is 3. The van der Waals surface area contributed by atoms with Crippen LogP contribution in [0.15, 0.2) is 54.7 Å². The van der Waals surface area contributed by atoms with E-state index in [1.165, 1.54) is 0 Å². The minimum absolute atomic E-state index is 0.691. The summed E-state index contributed by atoms with van der Waals surface area (Å²) < 4.78 is 0. The van der Waals surface area contributed by atoms with Gasteiger partial charge in [-0.1, -0.05) is 36.4 Å². The number of carbonyl (C=O) groups excluding carboxylic acids is 1. The number of fused-ring (bicyclic) bond motifs is 1. The average molecular weight is 302 g/mol. The molecule has 0 amide bonds. The van der Waals surface area contributed by atoms with E-state index < -0.39 is 0 Å². The van der Waals surface area contributed by atoms with Crippen LogP contribution in [0.2, 0.25) is 0 Å². The molecule has 0 unspecified atom stereocenters. The number of benzene rings is 2. The van der Waals surface area contributed by atoms with Gasteiger partial charge < -0.3 is 4.90 Å². The summed E-state index contributed by atoms with van der Waals surface area (Å²) in [5.74, 6) is 0. The van der Waals surface area contributed by atoms with Crippen LogP contribution in [0.1, 0.15) is 21.5 Å². The minimum atomic E-state index is 0.691. The molecular formula is C20H18N2O. The lowest BCUT2D eigenvalue weighted by Crippen LogP contribution is -2.11. The zero-order chi connectivity index (χ0) is 16.2. The Labute approximate surface area is 135 Å². The van der Waals surface area contributed by atoms with E-state index in [0.717, 1.165) is 34.0 Å². The van der Waals surface area contributed by atoms with Crippen molar-refractivity contribution in [1.29, 1.82) is 0 Å². The van der Waals surface area contributed by atoms with Crippen molar-refractivity contribution in [3.8, 4) is 0 Å². The normalized spacial score (nSPS) is 11.0. The molecule has 0 fully saturated rings. The van der Waals surface area contributed by atoms with Gasteiger partial charge in [0.2, 0.25) is 0 Å². The number of para-hydroxylation sites is 1. The number of aromatic nitrogens is 1. The highest BCUT2D eigenvalue weighted by atomic mass is 16.1. The SMILES string of the molecule is CN(C)c1ccc(/C=C/c2ccnc3ccccc23)cc1C=O. The van der Waals surface area contributed by atoms with E-state index in [4.69, 9.17) is 0 Å². The van der Waals surface area contributed by atoms with Crippen LogP contribution in [0.4, 0.5) is 5.69 Å². The van der Waals surface area contributed by atoms with Crippen molar-refractivity contribution in [2.24, 2.45) is 0 Å². The molecule has 0 radical (unpaired) electrons. The van der Waals surface area contributed by atoms with Crippen molar-refractivity contribution in [3.05, 3.63) is 71.4 Å². The number of aldehydes is 1. The first-order valence-corrected chi connectivity index (χ1v) is 7.47. The Morgan fingerprint density at radius 2 is 1.78 bits per heavy atom. The Balaban J connectivity index is 1.97. The number of anilines is 1. The van der Waals surface area contributed by atoms with Gasteiger partial charge in [0.1, 0.15) is 0 Å². The number of pyridine rings is 1. The highest BCUT2D eigenvalue weighted by Gasteiger charge is 2.04. The molecule has 0 N–H and O–H groups in total. The van der Waals surface area contributed by atoms with Gasteiger partial charge in [0.25, 0.3) is 0 Å². The molecule has 3 aromatic rings. The summed E-state index contributed by atoms with van der Waals surface area (Å²) in [7, 11) is 3.86. The fraction of sp³-hybridized carbons (Fsp3) is 0.100. The van der Waals surface area contributed by atoms with Gasteiger partial charge in [0.15, 0.2) is 6.29 Å². The highest BCUT2D eigenvalue weighted by Crippen LogP contribution is 2.22. The van der Waals surface area contributed by atoms with Crippen molar-refractivity contribution in [2.45, 2.75) is 0 Å². The molecule has 114 valence electrons. The van der Waals surface area contributed by atoms with Crippen LogP contribution in [0, 0.1) is 0 Å². The van der Waals surface area contributed by atoms with Crippen LogP contribution < -0.4 is 4.90 Å². The van der Waals surface area contributed by atoms with Gasteiger partial charge in [-0.25, -0.2) is 0 Å². The van der Waals surface area contributed by atoms with Crippen LogP contribution in [0.5, 0.6) is 0 Å². The summed E-state index contributed by atoms with van der Waals surface area (Å²) in [5, 5.41) is 1.12. The summed E-state index contributed by atoms with van der Waals surface area (Å²) in [6, 6.07) is 15.9. The molecule has 3 rings (SSSR count). The Bertz CT molecular complexity index is 876. The van der Waals surface area contributed by atoms with Crippen LogP contribution in [0.25, 0.3) is 23.1 Å². The molecule has 0 atom stereocenters. The third-order valence-corrected chi connectivity index (χ3v) is 3.80. The Hall–Kier alpha value is -2.94. The maximum Gasteiger partial charge on any atom is 0.152 e. The summed E-state index contributed by atoms with van der Waals surface area (Å²) in [5.41, 5.74) is 4.70. The Morgan fingerprint density at radius 1 is 0.957 bits per heavy atom. The molecular weight excluding hydrogens is 284 g/mol. The smallest absolute Gasteiger partial charge is 0.152 e. The van der Waals surface area contributed by atoms with Gasteiger partial charge >= 0.3 is 0 Å². The molecule has 0 aliphatic carbocycles. The lowest BCUT2D eigenvalue weighted by Gasteiger charge is -2.15. The van der Waals surface area contributed by atoms with Gasteiger partial charge in [-0.05, 0) is 35.4 Å². The van der Waals surface area contributed by atoms with E-state index in [1.54, 1.807) is 0 Å². The van der Waals surface area contributed by atoms with Gasteiger partial charge in [-0.2, -0.15) is 0 Å². The lowest BCUT2D eigenvalue weighted by atomic mass is 10.1. The predicted octanol–water partition coefficient (Wildman–Crippen LogP) is 4.28. The molecule has 1 aromatic heterocycles. The number of carbonyl (C=O) groups is 1. The Morgan fingerprint density at radius 3 is 2.57 bits per heavy atom. The van der Waals surface area contributed by atoms with Gasteiger partial charge in [0, 0.05) is 36.9 Å². The van der Waals surface area contributed by atoms with Crippen molar-refractivity contribution < 1.29 is 4.79 Å². The fourth-order valence-corrected chi connectivity index (χ4v) is 2.63. The first-order chi connectivity index (χ1) is 11.2. The summed E-state index contributed by atoms with van der Waals surface area (Å²) in [4.78, 5) is 17.6. The van der Waals surface area contributed by atoms with E-state index in [-0.39, 0.29) is 0 Å². The topological polar surface area (TPSA) is 33.2 Å². The highest BCUT2D eigenvalue weighted by molar-refractivity contribution is 5.91. The monoisotopic (exact) mass is 302 g/mol. The van der Waals surface area contributed by atoms with Crippen molar-refractivity contribution in [2.75, 3.05) is 19.0 Å². The second-order valence-corrected chi connectivity index (χ2v) is 5.58. The second kappa shape index (κ2) is 6.44. The van der Waals surface area contributed by atoms with Gasteiger partial charge in [0.05, 0.1) is 5.52 Å². The molecule has 3 heteroatoms. The van der Waals surface area contributed by atoms with E-state index >= 15 is 0 Å². The van der Waals surface area contributed by atoms with Crippen molar-refractivity contribution in [1.82, 2.24) is 4.98 Å². The molecule has 0 bridgehead atoms. The number of hydrogen-bond donors (Lipinski definition) is 0. The summed E-state index contributed by atoms with van der Waals surface area (Å²) >= 11 is 0. The summed E-state index contributed by atoms with van der Waals surface area (Å²) in [6.07, 6.45) is 6.79. The quantitative estimate of drug-likeness (QED) is 0.674. The first-order valence-electron chi connectivity index (χ1n) is 7.47. The molecule has 23 heavy (non-hydrogen) atoms. The number of nitrogens with zero attached hydrogens (tertiary/aromatic N) is 2. The van der Waals surface area contributed by atoms with Gasteiger partial charge in [-0.3, -0.25) is 9.78 Å². The van der Waals surface area contributed by atoms with Crippen molar-refractivity contribution >= 4 is 35.0 Å². The molecule has 3 nitrogen and oxygen atoms in total. The predicted molar refractivity (Wildman–Crippen MR) is 96.8 cm³/mol. The standard InChI is InChI=1S/C20H18N2O/c1-22(2)20-10-8-15(13-17(20)14-23)7-9-16-11-12-21-19-6-4-3-5-18(16)19/h3-14H,1-2H3/b9-7+. The molecule has 0 saturated carbocycles. The fourth-order valence-electron chi connectivity index (χ4n) is 2.63. The van der Waals surface area contributed by atoms with Gasteiger partial charge in [-0.15, -0.1) is 0 Å². The zero-order valence-electron chi connectivity index (χ0n) is 13.2. The molecule has 0 aliphatic heterocycles. The third-order valence-electron chi connectivity index (χ3n) is 3.80. The van der Waals surface area contributed by atoms with E-state index in [2.05, 4.69) is 17.1 Å². The maximum absolute atomic E-state index is 11.3. The average Bonchev–Trinajstić information content (AvgIpc) is 2.59. The first kappa shape index (κ1) is 15.0. The molecule has 0 saturated heterocycles. The maximum atomic E-state index is 11.3. The molecule has 1 heterocycles. The van der Waals surface area contributed by atoms with E-state index in [0.29, 0.717) is 5.56 Å². The molecule has 2 aromatic carbocycles. The molecule has 0 aliphatic rings.